The van der Waals surface area contributed by atoms with Gasteiger partial charge in [0, 0.05) is 23.0 Å². The molecule has 2 unspecified atom stereocenters. The molecular weight excluding hydrogens is 418 g/mol. The van der Waals surface area contributed by atoms with E-state index in [0.29, 0.717) is 24.8 Å². The van der Waals surface area contributed by atoms with Crippen LogP contribution in [0.15, 0.2) is 79.9 Å². The molecular formula is C22H20ClN5O3. The van der Waals surface area contributed by atoms with Crippen molar-refractivity contribution in [2.24, 2.45) is 0 Å². The number of halogens is 1. The molecule has 2 aromatic carbocycles. The second kappa shape index (κ2) is 8.50. The van der Waals surface area contributed by atoms with Gasteiger partial charge < -0.3 is 18.8 Å². The van der Waals surface area contributed by atoms with E-state index >= 15 is 0 Å². The number of benzene rings is 2. The van der Waals surface area contributed by atoms with Crippen molar-refractivity contribution in [3.05, 3.63) is 90.5 Å². The molecule has 4 aromatic rings. The highest BCUT2D eigenvalue weighted by atomic mass is 35.5. The van der Waals surface area contributed by atoms with Crippen molar-refractivity contribution in [3.8, 4) is 11.4 Å². The molecule has 2 atom stereocenters. The predicted octanol–water partition coefficient (Wildman–Crippen LogP) is 3.46. The molecule has 5 rings (SSSR count). The van der Waals surface area contributed by atoms with Crippen molar-refractivity contribution in [1.82, 2.24) is 24.3 Å². The lowest BCUT2D eigenvalue weighted by atomic mass is 10.1. The molecule has 0 spiro atoms. The van der Waals surface area contributed by atoms with Gasteiger partial charge in [-0.2, -0.15) is 5.10 Å². The summed E-state index contributed by atoms with van der Waals surface area (Å²) in [6, 6.07) is 15.1. The second-order valence-electron chi connectivity index (χ2n) is 7.19. The Balaban J connectivity index is 1.27. The van der Waals surface area contributed by atoms with E-state index in [0.717, 1.165) is 17.0 Å². The summed E-state index contributed by atoms with van der Waals surface area (Å²) in [5.74, 6) is -0.193. The summed E-state index contributed by atoms with van der Waals surface area (Å²) in [4.78, 5) is 8.08. The number of aromatic nitrogens is 5. The summed E-state index contributed by atoms with van der Waals surface area (Å²) < 4.78 is 22.2. The van der Waals surface area contributed by atoms with E-state index in [-0.39, 0.29) is 6.10 Å². The quantitative estimate of drug-likeness (QED) is 0.440. The Kier molecular flexibility index (Phi) is 5.42. The summed E-state index contributed by atoms with van der Waals surface area (Å²) in [7, 11) is 0. The molecule has 1 fully saturated rings. The van der Waals surface area contributed by atoms with Gasteiger partial charge >= 0.3 is 0 Å². The van der Waals surface area contributed by atoms with Crippen LogP contribution >= 0.6 is 11.6 Å². The summed E-state index contributed by atoms with van der Waals surface area (Å²) in [5.41, 5.74) is 1.80. The van der Waals surface area contributed by atoms with E-state index in [4.69, 9.17) is 25.8 Å². The maximum Gasteiger partial charge on any atom is 0.214 e. The van der Waals surface area contributed by atoms with Crippen LogP contribution in [-0.4, -0.2) is 43.6 Å². The van der Waals surface area contributed by atoms with E-state index < -0.39 is 5.79 Å². The van der Waals surface area contributed by atoms with E-state index in [1.165, 1.54) is 6.33 Å². The smallest absolute Gasteiger partial charge is 0.214 e. The highest BCUT2D eigenvalue weighted by molar-refractivity contribution is 6.30. The molecule has 31 heavy (non-hydrogen) atoms. The molecule has 158 valence electrons. The van der Waals surface area contributed by atoms with E-state index in [1.807, 2.05) is 59.3 Å². The lowest BCUT2D eigenvalue weighted by Crippen LogP contribution is -2.34. The Morgan fingerprint density at radius 2 is 1.90 bits per heavy atom. The predicted molar refractivity (Wildman–Crippen MR) is 113 cm³/mol. The van der Waals surface area contributed by atoms with Crippen LogP contribution < -0.4 is 4.74 Å². The molecule has 0 radical (unpaired) electrons. The highest BCUT2D eigenvalue weighted by Gasteiger charge is 2.44. The minimum atomic E-state index is -0.934. The highest BCUT2D eigenvalue weighted by Crippen LogP contribution is 2.36. The fourth-order valence-corrected chi connectivity index (χ4v) is 3.65. The maximum absolute atomic E-state index is 6.39. The average molecular weight is 438 g/mol. The molecule has 0 saturated carbocycles. The lowest BCUT2D eigenvalue weighted by Gasteiger charge is -2.29. The van der Waals surface area contributed by atoms with E-state index in [9.17, 15) is 0 Å². The van der Waals surface area contributed by atoms with Gasteiger partial charge in [0.1, 0.15) is 31.1 Å². The van der Waals surface area contributed by atoms with Crippen LogP contribution in [-0.2, 0) is 21.8 Å². The Morgan fingerprint density at radius 1 is 1.06 bits per heavy atom. The van der Waals surface area contributed by atoms with Gasteiger partial charge in [0.2, 0.25) is 5.79 Å². The molecule has 1 saturated heterocycles. The van der Waals surface area contributed by atoms with Gasteiger partial charge in [-0.1, -0.05) is 23.7 Å². The number of ether oxygens (including phenoxy) is 3. The zero-order chi connectivity index (χ0) is 21.1. The zero-order valence-electron chi connectivity index (χ0n) is 16.5. The summed E-state index contributed by atoms with van der Waals surface area (Å²) in [6.07, 6.45) is 8.27. The SMILES string of the molecule is Clc1ccc(C2(Cn3ccnc3)OCC(COc3ccc(-n4cncn4)cc3)O2)cc1. The summed E-state index contributed by atoms with van der Waals surface area (Å²) in [5, 5.41) is 4.78. The Bertz CT molecular complexity index is 1100. The zero-order valence-corrected chi connectivity index (χ0v) is 17.3. The molecule has 9 heteroatoms. The van der Waals surface area contributed by atoms with Crippen molar-refractivity contribution < 1.29 is 14.2 Å². The minimum absolute atomic E-state index is 0.228. The average Bonchev–Trinajstić information content (AvgIpc) is 3.57. The largest absolute Gasteiger partial charge is 0.491 e. The van der Waals surface area contributed by atoms with Gasteiger partial charge in [0.05, 0.1) is 25.2 Å². The standard InChI is InChI=1S/C22H20ClN5O3/c23-18-3-1-17(2-4-18)22(13-27-10-9-24-15-27)30-12-21(31-22)11-29-20-7-5-19(6-8-20)28-16-25-14-26-28/h1-10,14-16,21H,11-13H2. The van der Waals surface area contributed by atoms with Gasteiger partial charge in [-0.25, -0.2) is 14.6 Å². The number of hydrogen-bond donors (Lipinski definition) is 0. The normalized spacial score (nSPS) is 20.7. The molecule has 0 amide bonds. The van der Waals surface area contributed by atoms with Gasteiger partial charge in [0.15, 0.2) is 0 Å². The molecule has 1 aliphatic heterocycles. The molecule has 0 aliphatic carbocycles. The third-order valence-electron chi connectivity index (χ3n) is 5.05. The first-order chi connectivity index (χ1) is 15.2. The first-order valence-electron chi connectivity index (χ1n) is 9.82. The van der Waals surface area contributed by atoms with Crippen molar-refractivity contribution in [1.29, 1.82) is 0 Å². The van der Waals surface area contributed by atoms with Gasteiger partial charge in [-0.05, 0) is 36.4 Å². The van der Waals surface area contributed by atoms with Crippen LogP contribution in [0.4, 0.5) is 0 Å². The number of nitrogens with zero attached hydrogens (tertiary/aromatic N) is 5. The lowest BCUT2D eigenvalue weighted by molar-refractivity contribution is -0.189. The third-order valence-corrected chi connectivity index (χ3v) is 5.30. The van der Waals surface area contributed by atoms with Gasteiger partial charge in [-0.3, -0.25) is 0 Å². The van der Waals surface area contributed by atoms with E-state index in [1.54, 1.807) is 23.5 Å². The van der Waals surface area contributed by atoms with Crippen molar-refractivity contribution in [2.75, 3.05) is 13.2 Å². The monoisotopic (exact) mass is 437 g/mol. The van der Waals surface area contributed by atoms with Crippen molar-refractivity contribution >= 4 is 11.6 Å². The third kappa shape index (κ3) is 4.32. The fraction of sp³-hybridized carbons (Fsp3) is 0.227. The van der Waals surface area contributed by atoms with Crippen LogP contribution in [0, 0.1) is 0 Å². The van der Waals surface area contributed by atoms with Gasteiger partial charge in [0.25, 0.3) is 0 Å². The summed E-state index contributed by atoms with van der Waals surface area (Å²) >= 11 is 6.07. The second-order valence-corrected chi connectivity index (χ2v) is 7.63. The van der Waals surface area contributed by atoms with Crippen LogP contribution in [0.3, 0.4) is 0 Å². The van der Waals surface area contributed by atoms with Crippen LogP contribution in [0.5, 0.6) is 5.75 Å². The number of imidazole rings is 1. The first kappa shape index (κ1) is 19.7. The van der Waals surface area contributed by atoms with Gasteiger partial charge in [-0.15, -0.1) is 0 Å². The molecule has 2 aromatic heterocycles. The fourth-order valence-electron chi connectivity index (χ4n) is 3.52. The molecule has 8 nitrogen and oxygen atoms in total. The van der Waals surface area contributed by atoms with E-state index in [2.05, 4.69) is 15.1 Å². The Hall–Kier alpha value is -3.20. The molecule has 3 heterocycles. The Labute approximate surface area is 184 Å². The number of hydrogen-bond acceptors (Lipinski definition) is 6. The van der Waals surface area contributed by atoms with Crippen molar-refractivity contribution in [3.63, 3.8) is 0 Å². The summed E-state index contributed by atoms with van der Waals surface area (Å²) in [6.45, 7) is 1.24. The maximum atomic E-state index is 6.39. The topological polar surface area (TPSA) is 76.2 Å². The molecule has 0 N–H and O–H groups in total. The first-order valence-corrected chi connectivity index (χ1v) is 10.2. The number of rotatable bonds is 7. The molecule has 0 bridgehead atoms. The minimum Gasteiger partial charge on any atom is -0.491 e. The van der Waals surface area contributed by atoms with Crippen LogP contribution in [0.1, 0.15) is 5.56 Å². The van der Waals surface area contributed by atoms with Crippen LogP contribution in [0.2, 0.25) is 5.02 Å². The van der Waals surface area contributed by atoms with Crippen LogP contribution in [0.25, 0.3) is 5.69 Å². The Morgan fingerprint density at radius 3 is 2.61 bits per heavy atom. The van der Waals surface area contributed by atoms with Crippen molar-refractivity contribution in [2.45, 2.75) is 18.4 Å². The molecule has 1 aliphatic rings.